The summed E-state index contributed by atoms with van der Waals surface area (Å²) >= 11 is 0. The van der Waals surface area contributed by atoms with Gasteiger partial charge in [0.1, 0.15) is 5.82 Å². The summed E-state index contributed by atoms with van der Waals surface area (Å²) < 4.78 is 25.7. The number of halogens is 1. The van der Waals surface area contributed by atoms with Gasteiger partial charge >= 0.3 is 0 Å². The first-order valence-corrected chi connectivity index (χ1v) is 8.98. The first-order chi connectivity index (χ1) is 13.6. The molecule has 0 fully saturated rings. The Balaban J connectivity index is 1.63. The SMILES string of the molecule is COCCC(=O)N1CCc2c(c(-c3nc(-c4cccc(F)c4)no3)nn2C)C1. The molecule has 0 bridgehead atoms. The Bertz CT molecular complexity index is 1010. The summed E-state index contributed by atoms with van der Waals surface area (Å²) in [6.45, 7) is 1.45. The van der Waals surface area contributed by atoms with E-state index < -0.39 is 0 Å². The number of aryl methyl sites for hydroxylation is 1. The fraction of sp³-hybridized carbons (Fsp3) is 0.368. The second-order valence-corrected chi connectivity index (χ2v) is 6.64. The molecule has 0 N–H and O–H groups in total. The number of ether oxygens (including phenoxy) is 1. The number of methoxy groups -OCH3 is 1. The van der Waals surface area contributed by atoms with Gasteiger partial charge in [-0.1, -0.05) is 17.3 Å². The number of aromatic nitrogens is 4. The average Bonchev–Trinajstić information content (AvgIpc) is 3.31. The number of benzene rings is 1. The first-order valence-electron chi connectivity index (χ1n) is 8.98. The molecule has 1 amide bonds. The number of amides is 1. The lowest BCUT2D eigenvalue weighted by Gasteiger charge is -2.27. The van der Waals surface area contributed by atoms with Crippen LogP contribution in [0.15, 0.2) is 28.8 Å². The smallest absolute Gasteiger partial charge is 0.279 e. The van der Waals surface area contributed by atoms with Gasteiger partial charge in [-0.3, -0.25) is 9.48 Å². The molecule has 0 atom stereocenters. The van der Waals surface area contributed by atoms with Gasteiger partial charge in [-0.15, -0.1) is 0 Å². The second kappa shape index (κ2) is 7.51. The Kier molecular flexibility index (Phi) is 4.91. The normalized spacial score (nSPS) is 13.6. The maximum atomic E-state index is 13.5. The van der Waals surface area contributed by atoms with Crippen LogP contribution in [0, 0.1) is 5.82 Å². The molecule has 146 valence electrons. The Labute approximate surface area is 160 Å². The molecule has 1 aromatic carbocycles. The molecule has 0 aliphatic carbocycles. The summed E-state index contributed by atoms with van der Waals surface area (Å²) in [6.07, 6.45) is 1.04. The van der Waals surface area contributed by atoms with E-state index in [9.17, 15) is 9.18 Å². The van der Waals surface area contributed by atoms with Gasteiger partial charge in [0.2, 0.25) is 11.7 Å². The molecule has 9 heteroatoms. The predicted molar refractivity (Wildman–Crippen MR) is 97.5 cm³/mol. The van der Waals surface area contributed by atoms with Crippen LogP contribution in [0.25, 0.3) is 23.0 Å². The third kappa shape index (κ3) is 3.40. The molecular weight excluding hydrogens is 365 g/mol. The Morgan fingerprint density at radius 2 is 2.25 bits per heavy atom. The minimum Gasteiger partial charge on any atom is -0.384 e. The van der Waals surface area contributed by atoms with E-state index in [4.69, 9.17) is 9.26 Å². The van der Waals surface area contributed by atoms with Crippen molar-refractivity contribution in [2.24, 2.45) is 7.05 Å². The van der Waals surface area contributed by atoms with Gasteiger partial charge in [0.15, 0.2) is 5.69 Å². The van der Waals surface area contributed by atoms with Gasteiger partial charge in [0.25, 0.3) is 5.89 Å². The van der Waals surface area contributed by atoms with Crippen molar-refractivity contribution in [2.75, 3.05) is 20.3 Å². The summed E-state index contributed by atoms with van der Waals surface area (Å²) in [4.78, 5) is 18.6. The third-order valence-corrected chi connectivity index (χ3v) is 4.83. The number of nitrogens with zero attached hydrogens (tertiary/aromatic N) is 5. The minimum atomic E-state index is -0.371. The van der Waals surface area contributed by atoms with Crippen LogP contribution in [0.3, 0.4) is 0 Å². The zero-order valence-electron chi connectivity index (χ0n) is 15.7. The van der Waals surface area contributed by atoms with Crippen molar-refractivity contribution in [2.45, 2.75) is 19.4 Å². The molecule has 3 heterocycles. The van der Waals surface area contributed by atoms with Crippen molar-refractivity contribution in [3.63, 3.8) is 0 Å². The van der Waals surface area contributed by atoms with E-state index in [-0.39, 0.29) is 23.4 Å². The Morgan fingerprint density at radius 1 is 1.39 bits per heavy atom. The zero-order chi connectivity index (χ0) is 19.7. The zero-order valence-corrected chi connectivity index (χ0v) is 15.7. The molecule has 0 saturated carbocycles. The maximum Gasteiger partial charge on any atom is 0.279 e. The van der Waals surface area contributed by atoms with E-state index in [1.54, 1.807) is 28.8 Å². The van der Waals surface area contributed by atoms with Crippen LogP contribution in [0.4, 0.5) is 4.39 Å². The monoisotopic (exact) mass is 385 g/mol. The fourth-order valence-electron chi connectivity index (χ4n) is 3.39. The van der Waals surface area contributed by atoms with Gasteiger partial charge in [0, 0.05) is 50.5 Å². The number of carbonyl (C=O) groups excluding carboxylic acids is 1. The molecule has 4 rings (SSSR count). The summed E-state index contributed by atoms with van der Waals surface area (Å²) in [5, 5.41) is 8.48. The lowest BCUT2D eigenvalue weighted by atomic mass is 10.0. The lowest BCUT2D eigenvalue weighted by Crippen LogP contribution is -2.36. The highest BCUT2D eigenvalue weighted by atomic mass is 19.1. The van der Waals surface area contributed by atoms with Crippen molar-refractivity contribution in [1.82, 2.24) is 24.8 Å². The van der Waals surface area contributed by atoms with E-state index in [0.29, 0.717) is 43.8 Å². The third-order valence-electron chi connectivity index (χ3n) is 4.83. The molecule has 0 radical (unpaired) electrons. The Hall–Kier alpha value is -3.07. The topological polar surface area (TPSA) is 86.3 Å². The molecule has 3 aromatic rings. The highest BCUT2D eigenvalue weighted by Gasteiger charge is 2.29. The van der Waals surface area contributed by atoms with E-state index in [2.05, 4.69) is 15.2 Å². The highest BCUT2D eigenvalue weighted by molar-refractivity contribution is 5.77. The van der Waals surface area contributed by atoms with Crippen LogP contribution in [0.1, 0.15) is 17.7 Å². The van der Waals surface area contributed by atoms with E-state index in [0.717, 1.165) is 11.3 Å². The van der Waals surface area contributed by atoms with E-state index in [1.165, 1.54) is 12.1 Å². The van der Waals surface area contributed by atoms with Crippen LogP contribution in [0.5, 0.6) is 0 Å². The predicted octanol–water partition coefficient (Wildman–Crippen LogP) is 2.20. The van der Waals surface area contributed by atoms with Gasteiger partial charge in [-0.05, 0) is 12.1 Å². The standard InChI is InChI=1S/C19H20FN5O3/c1-24-15-6-8-25(16(26)7-9-27-2)11-14(15)17(22-24)19-21-18(23-28-19)12-4-3-5-13(20)10-12/h3-5,10H,6-9,11H2,1-2H3. The molecule has 0 unspecified atom stereocenters. The van der Waals surface area contributed by atoms with E-state index >= 15 is 0 Å². The molecule has 8 nitrogen and oxygen atoms in total. The molecule has 28 heavy (non-hydrogen) atoms. The highest BCUT2D eigenvalue weighted by Crippen LogP contribution is 2.30. The molecular formula is C19H20FN5O3. The molecule has 0 spiro atoms. The van der Waals surface area contributed by atoms with Crippen molar-refractivity contribution >= 4 is 5.91 Å². The number of hydrogen-bond acceptors (Lipinski definition) is 6. The molecule has 1 aliphatic rings. The van der Waals surface area contributed by atoms with Crippen molar-refractivity contribution < 1.29 is 18.4 Å². The number of carbonyl (C=O) groups is 1. The molecule has 1 aliphatic heterocycles. The largest absolute Gasteiger partial charge is 0.384 e. The second-order valence-electron chi connectivity index (χ2n) is 6.64. The summed E-state index contributed by atoms with van der Waals surface area (Å²) in [5.74, 6) is 0.206. The minimum absolute atomic E-state index is 0.0354. The van der Waals surface area contributed by atoms with Crippen LogP contribution < -0.4 is 0 Å². The molecule has 0 saturated heterocycles. The van der Waals surface area contributed by atoms with Gasteiger partial charge in [-0.25, -0.2) is 4.39 Å². The quantitative estimate of drug-likeness (QED) is 0.669. The average molecular weight is 385 g/mol. The number of hydrogen-bond donors (Lipinski definition) is 0. The lowest BCUT2D eigenvalue weighted by molar-refractivity contribution is -0.133. The van der Waals surface area contributed by atoms with Crippen LogP contribution >= 0.6 is 0 Å². The number of rotatable bonds is 5. The molecule has 2 aromatic heterocycles. The first kappa shape index (κ1) is 18.3. The summed E-state index contributed by atoms with van der Waals surface area (Å²) in [5.41, 5.74) is 3.01. The van der Waals surface area contributed by atoms with Gasteiger partial charge < -0.3 is 14.2 Å². The van der Waals surface area contributed by atoms with Crippen LogP contribution in [0.2, 0.25) is 0 Å². The summed E-state index contributed by atoms with van der Waals surface area (Å²) in [6, 6.07) is 6.00. The van der Waals surface area contributed by atoms with Gasteiger partial charge in [0.05, 0.1) is 13.0 Å². The van der Waals surface area contributed by atoms with Crippen LogP contribution in [-0.4, -0.2) is 51.0 Å². The van der Waals surface area contributed by atoms with Crippen molar-refractivity contribution in [3.05, 3.63) is 41.3 Å². The maximum absolute atomic E-state index is 13.5. The van der Waals surface area contributed by atoms with Crippen LogP contribution in [-0.2, 0) is 29.5 Å². The van der Waals surface area contributed by atoms with E-state index in [1.807, 2.05) is 7.05 Å². The number of fused-ring (bicyclic) bond motifs is 1. The fourth-order valence-corrected chi connectivity index (χ4v) is 3.39. The van der Waals surface area contributed by atoms with Crippen molar-refractivity contribution in [3.8, 4) is 23.0 Å². The summed E-state index contributed by atoms with van der Waals surface area (Å²) in [7, 11) is 3.43. The van der Waals surface area contributed by atoms with Crippen molar-refractivity contribution in [1.29, 1.82) is 0 Å². The van der Waals surface area contributed by atoms with Gasteiger partial charge in [-0.2, -0.15) is 10.1 Å². The Morgan fingerprint density at radius 3 is 3.04 bits per heavy atom.